The first-order valence-corrected chi connectivity index (χ1v) is 9.85. The Labute approximate surface area is 149 Å². The fourth-order valence-corrected chi connectivity index (χ4v) is 2.96. The van der Waals surface area contributed by atoms with Crippen molar-refractivity contribution in [1.29, 1.82) is 0 Å². The molecule has 1 amide bonds. The lowest BCUT2D eigenvalue weighted by molar-refractivity contribution is 0.102. The molecule has 0 heterocycles. The Bertz CT molecular complexity index is 880. The maximum Gasteiger partial charge on any atom is 0.257 e. The Morgan fingerprint density at radius 3 is 2.12 bits per heavy atom. The Balaban J connectivity index is 2.27. The molecule has 0 saturated heterocycles. The van der Waals surface area contributed by atoms with E-state index >= 15 is 0 Å². The van der Waals surface area contributed by atoms with Gasteiger partial charge in [-0.3, -0.25) is 9.52 Å². The molecule has 0 fully saturated rings. The van der Waals surface area contributed by atoms with Crippen molar-refractivity contribution >= 4 is 27.3 Å². The lowest BCUT2D eigenvalue weighted by Crippen LogP contribution is -2.18. The molecule has 0 aliphatic carbocycles. The maximum atomic E-state index is 12.6. The molecule has 0 spiro atoms. The smallest absolute Gasteiger partial charge is 0.257 e. The van der Waals surface area contributed by atoms with Crippen molar-refractivity contribution in [3.05, 3.63) is 59.2 Å². The van der Waals surface area contributed by atoms with Crippen molar-refractivity contribution < 1.29 is 13.2 Å². The van der Waals surface area contributed by atoms with Gasteiger partial charge < -0.3 is 5.32 Å². The molecule has 0 aliphatic heterocycles. The first kappa shape index (κ1) is 19.0. The number of amides is 1. The molecule has 0 aliphatic rings. The van der Waals surface area contributed by atoms with E-state index in [1.54, 1.807) is 18.2 Å². The number of carbonyl (C=O) groups excluding carboxylic acids is 1. The largest absolute Gasteiger partial charge is 0.322 e. The zero-order valence-corrected chi connectivity index (χ0v) is 16.0. The molecule has 134 valence electrons. The second kappa shape index (κ2) is 6.88. The van der Waals surface area contributed by atoms with Crippen LogP contribution in [0.4, 0.5) is 11.4 Å². The predicted molar refractivity (Wildman–Crippen MR) is 103 cm³/mol. The lowest BCUT2D eigenvalue weighted by atomic mass is 9.87. The van der Waals surface area contributed by atoms with Crippen molar-refractivity contribution in [3.8, 4) is 0 Å². The zero-order chi connectivity index (χ0) is 18.8. The van der Waals surface area contributed by atoms with E-state index in [1.165, 1.54) is 5.56 Å². The molecule has 0 aromatic heterocycles. The fraction of sp³-hybridized carbons (Fsp3) is 0.316. The average Bonchev–Trinajstić information content (AvgIpc) is 2.47. The minimum atomic E-state index is -3.47. The summed E-state index contributed by atoms with van der Waals surface area (Å²) < 4.78 is 25.4. The van der Waals surface area contributed by atoms with Gasteiger partial charge in [0, 0.05) is 5.69 Å². The van der Waals surface area contributed by atoms with Crippen LogP contribution in [0, 0.1) is 6.92 Å². The van der Waals surface area contributed by atoms with Gasteiger partial charge in [0.2, 0.25) is 10.0 Å². The summed E-state index contributed by atoms with van der Waals surface area (Å²) in [6, 6.07) is 12.6. The summed E-state index contributed by atoms with van der Waals surface area (Å²) in [5, 5.41) is 2.82. The standard InChI is InChI=1S/C19H24N2O3S/c1-13-6-11-17(21-25(5,23)24)16(12-13)18(22)20-15-9-7-14(8-10-15)19(2,3)4/h6-12,21H,1-5H3,(H,20,22). The Morgan fingerprint density at radius 1 is 1.00 bits per heavy atom. The molecule has 2 aromatic carbocycles. The zero-order valence-electron chi connectivity index (χ0n) is 15.2. The van der Waals surface area contributed by atoms with Gasteiger partial charge in [-0.2, -0.15) is 0 Å². The SMILES string of the molecule is Cc1ccc(NS(C)(=O)=O)c(C(=O)Nc2ccc(C(C)(C)C)cc2)c1. The number of aryl methyl sites for hydroxylation is 1. The van der Waals surface area contributed by atoms with Crippen molar-refractivity contribution in [1.82, 2.24) is 0 Å². The van der Waals surface area contributed by atoms with Crippen LogP contribution in [0.5, 0.6) is 0 Å². The number of benzene rings is 2. The van der Waals surface area contributed by atoms with Crippen LogP contribution in [0.1, 0.15) is 42.3 Å². The minimum Gasteiger partial charge on any atom is -0.322 e. The molecule has 2 N–H and O–H groups in total. The third kappa shape index (κ3) is 5.32. The van der Waals surface area contributed by atoms with E-state index in [2.05, 4.69) is 30.8 Å². The minimum absolute atomic E-state index is 0.0334. The normalized spacial score (nSPS) is 11.9. The highest BCUT2D eigenvalue weighted by molar-refractivity contribution is 7.92. The second-order valence-electron chi connectivity index (χ2n) is 7.20. The summed E-state index contributed by atoms with van der Waals surface area (Å²) in [5.74, 6) is -0.363. The average molecular weight is 360 g/mol. The Morgan fingerprint density at radius 2 is 1.60 bits per heavy atom. The number of hydrogen-bond donors (Lipinski definition) is 2. The molecule has 0 bridgehead atoms. The van der Waals surface area contributed by atoms with Crippen molar-refractivity contribution in [3.63, 3.8) is 0 Å². The number of anilines is 2. The molecule has 25 heavy (non-hydrogen) atoms. The van der Waals surface area contributed by atoms with Crippen LogP contribution in [0.15, 0.2) is 42.5 Å². The summed E-state index contributed by atoms with van der Waals surface area (Å²) in [6.07, 6.45) is 1.06. The van der Waals surface area contributed by atoms with E-state index in [0.29, 0.717) is 5.69 Å². The van der Waals surface area contributed by atoms with E-state index in [9.17, 15) is 13.2 Å². The number of hydrogen-bond acceptors (Lipinski definition) is 3. The fourth-order valence-electron chi connectivity index (χ4n) is 2.39. The molecular weight excluding hydrogens is 336 g/mol. The van der Waals surface area contributed by atoms with Gasteiger partial charge >= 0.3 is 0 Å². The number of sulfonamides is 1. The Hall–Kier alpha value is -2.34. The van der Waals surface area contributed by atoms with Gasteiger partial charge in [-0.1, -0.05) is 44.5 Å². The van der Waals surface area contributed by atoms with Gasteiger partial charge in [-0.25, -0.2) is 8.42 Å². The van der Waals surface area contributed by atoms with Crippen LogP contribution >= 0.6 is 0 Å². The van der Waals surface area contributed by atoms with Gasteiger partial charge in [0.15, 0.2) is 0 Å². The predicted octanol–water partition coefficient (Wildman–Crippen LogP) is 3.92. The van der Waals surface area contributed by atoms with E-state index < -0.39 is 10.0 Å². The number of nitrogens with one attached hydrogen (secondary N) is 2. The summed E-state index contributed by atoms with van der Waals surface area (Å²) >= 11 is 0. The molecular formula is C19H24N2O3S. The van der Waals surface area contributed by atoms with Crippen LogP contribution < -0.4 is 10.0 Å². The molecule has 2 aromatic rings. The van der Waals surface area contributed by atoms with Crippen LogP contribution in [-0.2, 0) is 15.4 Å². The highest BCUT2D eigenvalue weighted by Crippen LogP contribution is 2.24. The summed E-state index contributed by atoms with van der Waals surface area (Å²) in [7, 11) is -3.47. The molecule has 6 heteroatoms. The van der Waals surface area contributed by atoms with Gasteiger partial charge in [0.05, 0.1) is 17.5 Å². The van der Waals surface area contributed by atoms with Crippen LogP contribution in [-0.4, -0.2) is 20.6 Å². The van der Waals surface area contributed by atoms with Gasteiger partial charge in [-0.05, 0) is 42.2 Å². The first-order chi connectivity index (χ1) is 11.5. The molecule has 0 saturated carbocycles. The quantitative estimate of drug-likeness (QED) is 0.868. The van der Waals surface area contributed by atoms with Crippen LogP contribution in [0.3, 0.4) is 0 Å². The van der Waals surface area contributed by atoms with Crippen LogP contribution in [0.25, 0.3) is 0 Å². The lowest BCUT2D eigenvalue weighted by Gasteiger charge is -2.19. The van der Waals surface area contributed by atoms with Crippen molar-refractivity contribution in [2.75, 3.05) is 16.3 Å². The molecule has 0 radical (unpaired) electrons. The summed E-state index contributed by atoms with van der Waals surface area (Å²) in [6.45, 7) is 8.21. The molecule has 2 rings (SSSR count). The van der Waals surface area contributed by atoms with E-state index in [4.69, 9.17) is 0 Å². The number of carbonyl (C=O) groups is 1. The second-order valence-corrected chi connectivity index (χ2v) is 8.95. The maximum absolute atomic E-state index is 12.6. The monoisotopic (exact) mass is 360 g/mol. The molecule has 0 unspecified atom stereocenters. The van der Waals surface area contributed by atoms with Gasteiger partial charge in [0.25, 0.3) is 5.91 Å². The van der Waals surface area contributed by atoms with Gasteiger partial charge in [0.1, 0.15) is 0 Å². The highest BCUT2D eigenvalue weighted by Gasteiger charge is 2.16. The summed E-state index contributed by atoms with van der Waals surface area (Å²) in [5.41, 5.74) is 3.27. The van der Waals surface area contributed by atoms with E-state index in [0.717, 1.165) is 11.8 Å². The van der Waals surface area contributed by atoms with Crippen molar-refractivity contribution in [2.24, 2.45) is 0 Å². The molecule has 5 nitrogen and oxygen atoms in total. The Kier molecular flexibility index (Phi) is 5.23. The summed E-state index contributed by atoms with van der Waals surface area (Å²) in [4.78, 5) is 12.6. The third-order valence-corrected chi connectivity index (χ3v) is 4.31. The topological polar surface area (TPSA) is 75.3 Å². The van der Waals surface area contributed by atoms with E-state index in [-0.39, 0.29) is 22.6 Å². The van der Waals surface area contributed by atoms with Gasteiger partial charge in [-0.15, -0.1) is 0 Å². The number of rotatable bonds is 4. The first-order valence-electron chi connectivity index (χ1n) is 7.96. The third-order valence-electron chi connectivity index (χ3n) is 3.72. The van der Waals surface area contributed by atoms with Crippen molar-refractivity contribution in [2.45, 2.75) is 33.1 Å². The van der Waals surface area contributed by atoms with Crippen LogP contribution in [0.2, 0.25) is 0 Å². The molecule has 0 atom stereocenters. The highest BCUT2D eigenvalue weighted by atomic mass is 32.2. The van der Waals surface area contributed by atoms with E-state index in [1.807, 2.05) is 31.2 Å².